The van der Waals surface area contributed by atoms with E-state index >= 15 is 0 Å². The summed E-state index contributed by atoms with van der Waals surface area (Å²) in [7, 11) is 0. The number of benzene rings is 2. The lowest BCUT2D eigenvalue weighted by molar-refractivity contribution is -0.137. The molecule has 0 aromatic heterocycles. The minimum absolute atomic E-state index is 0.126. The largest absolute Gasteiger partial charge is 0.418 e. The van der Waals surface area contributed by atoms with E-state index in [1.54, 1.807) is 0 Å². The fourth-order valence-corrected chi connectivity index (χ4v) is 2.18. The van der Waals surface area contributed by atoms with Gasteiger partial charge in [0.05, 0.1) is 5.56 Å². The first-order valence-corrected chi connectivity index (χ1v) is 6.60. The molecular formula is C14H9BrF5N. The second-order valence-electron chi connectivity index (χ2n) is 4.32. The van der Waals surface area contributed by atoms with Crippen LogP contribution < -0.4 is 5.32 Å². The van der Waals surface area contributed by atoms with E-state index in [1.165, 1.54) is 12.1 Å². The summed E-state index contributed by atoms with van der Waals surface area (Å²) >= 11 is 2.98. The fraction of sp³-hybridized carbons (Fsp3) is 0.143. The highest BCUT2D eigenvalue weighted by Crippen LogP contribution is 2.36. The van der Waals surface area contributed by atoms with Gasteiger partial charge < -0.3 is 5.32 Å². The fourth-order valence-electron chi connectivity index (χ4n) is 1.82. The Labute approximate surface area is 125 Å². The molecule has 0 spiro atoms. The number of rotatable bonds is 3. The summed E-state index contributed by atoms with van der Waals surface area (Å²) in [5.74, 6) is -1.56. The van der Waals surface area contributed by atoms with E-state index < -0.39 is 23.4 Å². The van der Waals surface area contributed by atoms with Gasteiger partial charge in [0.15, 0.2) is 0 Å². The van der Waals surface area contributed by atoms with Crippen LogP contribution in [0.1, 0.15) is 11.1 Å². The molecule has 0 saturated heterocycles. The van der Waals surface area contributed by atoms with Gasteiger partial charge in [-0.15, -0.1) is 0 Å². The molecule has 0 unspecified atom stereocenters. The van der Waals surface area contributed by atoms with E-state index in [-0.39, 0.29) is 22.3 Å². The second kappa shape index (κ2) is 6.01. The number of nitrogens with one attached hydrogen (secondary N) is 1. The molecule has 21 heavy (non-hydrogen) atoms. The van der Waals surface area contributed by atoms with Crippen LogP contribution in [0.2, 0.25) is 0 Å². The normalized spacial score (nSPS) is 11.5. The molecular weight excluding hydrogens is 357 g/mol. The predicted octanol–water partition coefficient (Wildman–Crippen LogP) is 5.36. The molecule has 0 saturated carbocycles. The van der Waals surface area contributed by atoms with Crippen molar-refractivity contribution in [3.8, 4) is 0 Å². The standard InChI is InChI=1S/C14H9BrF5N/c15-9-1-2-13(12(5-9)14(18,19)20)21-7-8-3-10(16)6-11(17)4-8/h1-6,21H,7H2. The first-order chi connectivity index (χ1) is 9.75. The Balaban J connectivity index is 2.24. The van der Waals surface area contributed by atoms with Gasteiger partial charge in [0.25, 0.3) is 0 Å². The van der Waals surface area contributed by atoms with Gasteiger partial charge in [0, 0.05) is 22.8 Å². The second-order valence-corrected chi connectivity index (χ2v) is 5.23. The summed E-state index contributed by atoms with van der Waals surface area (Å²) in [4.78, 5) is 0. The highest BCUT2D eigenvalue weighted by molar-refractivity contribution is 9.10. The first kappa shape index (κ1) is 15.8. The maximum atomic E-state index is 13.0. The Kier molecular flexibility index (Phi) is 4.51. The van der Waals surface area contributed by atoms with Crippen molar-refractivity contribution in [2.45, 2.75) is 12.7 Å². The highest BCUT2D eigenvalue weighted by Gasteiger charge is 2.33. The molecule has 2 aromatic carbocycles. The van der Waals surface area contributed by atoms with E-state index in [0.29, 0.717) is 6.07 Å². The van der Waals surface area contributed by atoms with Crippen LogP contribution in [-0.4, -0.2) is 0 Å². The van der Waals surface area contributed by atoms with E-state index in [9.17, 15) is 22.0 Å². The van der Waals surface area contributed by atoms with Gasteiger partial charge in [-0.3, -0.25) is 0 Å². The Bertz CT molecular complexity index is 634. The van der Waals surface area contributed by atoms with Gasteiger partial charge in [0.2, 0.25) is 0 Å². The third kappa shape index (κ3) is 4.17. The molecule has 0 aliphatic rings. The Hall–Kier alpha value is -1.63. The number of anilines is 1. The molecule has 0 radical (unpaired) electrons. The number of hydrogen-bond acceptors (Lipinski definition) is 1. The lowest BCUT2D eigenvalue weighted by Gasteiger charge is -2.15. The third-order valence-corrected chi connectivity index (χ3v) is 3.19. The Morgan fingerprint density at radius 1 is 0.952 bits per heavy atom. The Morgan fingerprint density at radius 3 is 2.14 bits per heavy atom. The van der Waals surface area contributed by atoms with Crippen molar-refractivity contribution in [1.82, 2.24) is 0 Å². The summed E-state index contributed by atoms with van der Waals surface area (Å²) in [6.45, 7) is -0.126. The molecule has 0 atom stereocenters. The van der Waals surface area contributed by atoms with Crippen molar-refractivity contribution in [3.63, 3.8) is 0 Å². The maximum absolute atomic E-state index is 13.0. The van der Waals surface area contributed by atoms with Crippen LogP contribution >= 0.6 is 15.9 Å². The van der Waals surface area contributed by atoms with Crippen molar-refractivity contribution in [3.05, 3.63) is 63.6 Å². The zero-order valence-corrected chi connectivity index (χ0v) is 12.0. The zero-order chi connectivity index (χ0) is 15.6. The topological polar surface area (TPSA) is 12.0 Å². The molecule has 1 nitrogen and oxygen atoms in total. The molecule has 2 aromatic rings. The van der Waals surface area contributed by atoms with Crippen LogP contribution in [0.25, 0.3) is 0 Å². The average molecular weight is 366 g/mol. The van der Waals surface area contributed by atoms with Crippen LogP contribution in [-0.2, 0) is 12.7 Å². The molecule has 112 valence electrons. The van der Waals surface area contributed by atoms with Crippen LogP contribution in [0.15, 0.2) is 40.9 Å². The van der Waals surface area contributed by atoms with Crippen LogP contribution in [0.4, 0.5) is 27.6 Å². The van der Waals surface area contributed by atoms with E-state index in [1.807, 2.05) is 0 Å². The monoisotopic (exact) mass is 365 g/mol. The molecule has 7 heteroatoms. The van der Waals surface area contributed by atoms with Gasteiger partial charge in [-0.2, -0.15) is 13.2 Å². The van der Waals surface area contributed by atoms with E-state index in [2.05, 4.69) is 21.2 Å². The molecule has 0 amide bonds. The molecule has 0 bridgehead atoms. The number of hydrogen-bond donors (Lipinski definition) is 1. The minimum Gasteiger partial charge on any atom is -0.380 e. The molecule has 1 N–H and O–H groups in total. The van der Waals surface area contributed by atoms with Crippen molar-refractivity contribution < 1.29 is 22.0 Å². The molecule has 0 heterocycles. The predicted molar refractivity (Wildman–Crippen MR) is 72.8 cm³/mol. The summed E-state index contributed by atoms with van der Waals surface area (Å²) in [6.07, 6.45) is -4.53. The quantitative estimate of drug-likeness (QED) is 0.722. The maximum Gasteiger partial charge on any atom is 0.418 e. The van der Waals surface area contributed by atoms with Crippen molar-refractivity contribution in [2.75, 3.05) is 5.32 Å². The molecule has 0 aliphatic carbocycles. The van der Waals surface area contributed by atoms with Gasteiger partial charge in [-0.05, 0) is 35.9 Å². The number of alkyl halides is 3. The summed E-state index contributed by atoms with van der Waals surface area (Å²) in [5.41, 5.74) is -0.798. The van der Waals surface area contributed by atoms with Gasteiger partial charge in [-0.1, -0.05) is 15.9 Å². The zero-order valence-electron chi connectivity index (χ0n) is 10.4. The van der Waals surface area contributed by atoms with Crippen LogP contribution in [0.3, 0.4) is 0 Å². The van der Waals surface area contributed by atoms with E-state index in [4.69, 9.17) is 0 Å². The lowest BCUT2D eigenvalue weighted by atomic mass is 10.1. The van der Waals surface area contributed by atoms with Gasteiger partial charge >= 0.3 is 6.18 Å². The molecule has 0 fully saturated rings. The molecule has 0 aliphatic heterocycles. The Morgan fingerprint density at radius 2 is 1.57 bits per heavy atom. The van der Waals surface area contributed by atoms with E-state index in [0.717, 1.165) is 18.2 Å². The van der Waals surface area contributed by atoms with Gasteiger partial charge in [-0.25, -0.2) is 8.78 Å². The smallest absolute Gasteiger partial charge is 0.380 e. The van der Waals surface area contributed by atoms with Crippen molar-refractivity contribution in [2.24, 2.45) is 0 Å². The molecule has 2 rings (SSSR count). The van der Waals surface area contributed by atoms with Crippen molar-refractivity contribution >= 4 is 21.6 Å². The van der Waals surface area contributed by atoms with Crippen LogP contribution in [0, 0.1) is 11.6 Å². The van der Waals surface area contributed by atoms with Crippen molar-refractivity contribution in [1.29, 1.82) is 0 Å². The highest BCUT2D eigenvalue weighted by atomic mass is 79.9. The first-order valence-electron chi connectivity index (χ1n) is 5.81. The van der Waals surface area contributed by atoms with Gasteiger partial charge in [0.1, 0.15) is 11.6 Å². The lowest BCUT2D eigenvalue weighted by Crippen LogP contribution is -2.11. The summed E-state index contributed by atoms with van der Waals surface area (Å²) in [6, 6.07) is 6.45. The van der Waals surface area contributed by atoms with Crippen LogP contribution in [0.5, 0.6) is 0 Å². The SMILES string of the molecule is Fc1cc(F)cc(CNc2ccc(Br)cc2C(F)(F)F)c1. The average Bonchev–Trinajstić information content (AvgIpc) is 2.35. The summed E-state index contributed by atoms with van der Waals surface area (Å²) in [5, 5.41) is 2.54. The number of halogens is 6. The minimum atomic E-state index is -4.53. The third-order valence-electron chi connectivity index (χ3n) is 2.69. The summed E-state index contributed by atoms with van der Waals surface area (Å²) < 4.78 is 65.0.